The third-order valence-corrected chi connectivity index (χ3v) is 6.51. The van der Waals surface area contributed by atoms with Crippen LogP contribution >= 0.6 is 0 Å². The molecule has 3 aromatic rings. The van der Waals surface area contributed by atoms with Gasteiger partial charge in [-0.2, -0.15) is 0 Å². The van der Waals surface area contributed by atoms with E-state index in [1.165, 1.54) is 23.3 Å². The van der Waals surface area contributed by atoms with Crippen molar-refractivity contribution in [3.63, 3.8) is 0 Å². The number of carbonyl (C=O) groups excluding carboxylic acids is 1. The third kappa shape index (κ3) is 3.25. The van der Waals surface area contributed by atoms with Gasteiger partial charge in [0.15, 0.2) is 0 Å². The average molecular weight is 407 g/mol. The van der Waals surface area contributed by atoms with Crippen LogP contribution < -0.4 is 0 Å². The molecule has 5 nitrogen and oxygen atoms in total. The molecule has 5 rings (SSSR count). The summed E-state index contributed by atoms with van der Waals surface area (Å²) in [5.74, 6) is -0.254. The first kappa shape index (κ1) is 19.1. The van der Waals surface area contributed by atoms with Crippen molar-refractivity contribution in [2.75, 3.05) is 33.2 Å². The molecule has 2 aromatic carbocycles. The minimum Gasteiger partial charge on any atom is -0.494 e. The molecule has 30 heavy (non-hydrogen) atoms. The summed E-state index contributed by atoms with van der Waals surface area (Å²) in [5, 5.41) is 12.7. The fraction of sp³-hybridized carbons (Fsp3) is 0.375. The van der Waals surface area contributed by atoms with Crippen molar-refractivity contribution in [2.24, 2.45) is 0 Å². The Morgan fingerprint density at radius 3 is 2.43 bits per heavy atom. The molecular weight excluding hydrogens is 381 g/mol. The number of halogens is 1. The number of rotatable bonds is 3. The van der Waals surface area contributed by atoms with E-state index in [0.717, 1.165) is 48.8 Å². The largest absolute Gasteiger partial charge is 0.494 e. The summed E-state index contributed by atoms with van der Waals surface area (Å²) >= 11 is 0. The van der Waals surface area contributed by atoms with Gasteiger partial charge in [-0.1, -0.05) is 6.07 Å². The highest BCUT2D eigenvalue weighted by molar-refractivity contribution is 5.96. The van der Waals surface area contributed by atoms with Crippen LogP contribution in [0.25, 0.3) is 16.5 Å². The molecule has 0 spiro atoms. The molecule has 0 bridgehead atoms. The Bertz CT molecular complexity index is 1130. The molecule has 1 aromatic heterocycles. The van der Waals surface area contributed by atoms with Gasteiger partial charge < -0.3 is 14.9 Å². The highest BCUT2D eigenvalue weighted by atomic mass is 19.1. The van der Waals surface area contributed by atoms with Crippen molar-refractivity contribution >= 4 is 16.7 Å². The van der Waals surface area contributed by atoms with Gasteiger partial charge in [0.25, 0.3) is 0 Å². The van der Waals surface area contributed by atoms with Gasteiger partial charge in [-0.15, -0.1) is 0 Å². The summed E-state index contributed by atoms with van der Waals surface area (Å²) in [6.07, 6.45) is 3.31. The van der Waals surface area contributed by atoms with E-state index in [1.807, 2.05) is 11.0 Å². The number of fused-ring (bicyclic) bond motifs is 2. The Labute approximate surface area is 175 Å². The summed E-state index contributed by atoms with van der Waals surface area (Å²) in [6, 6.07) is 10.3. The molecule has 0 radical (unpaired) electrons. The number of amides is 1. The molecule has 156 valence electrons. The van der Waals surface area contributed by atoms with Crippen LogP contribution in [0.15, 0.2) is 36.4 Å². The second-order valence-corrected chi connectivity index (χ2v) is 8.47. The maximum Gasteiger partial charge on any atom is 0.228 e. The molecule has 1 aliphatic carbocycles. The van der Waals surface area contributed by atoms with Crippen LogP contribution in [0.5, 0.6) is 5.88 Å². The Balaban J connectivity index is 1.62. The van der Waals surface area contributed by atoms with Crippen LogP contribution in [-0.2, 0) is 24.1 Å². The van der Waals surface area contributed by atoms with Crippen LogP contribution in [0.4, 0.5) is 4.39 Å². The number of benzene rings is 2. The summed E-state index contributed by atoms with van der Waals surface area (Å²) in [7, 11) is 2.06. The molecule has 2 heterocycles. The summed E-state index contributed by atoms with van der Waals surface area (Å²) in [5.41, 5.74) is 3.80. The average Bonchev–Trinajstić information content (AvgIpc) is 3.29. The maximum absolute atomic E-state index is 14.0. The number of likely N-dealkylation sites (N-methyl/N-ethyl adjacent to an activating group) is 1. The first-order valence-electron chi connectivity index (χ1n) is 10.6. The van der Waals surface area contributed by atoms with Crippen molar-refractivity contribution < 1.29 is 14.3 Å². The van der Waals surface area contributed by atoms with E-state index < -0.39 is 0 Å². The predicted molar refractivity (Wildman–Crippen MR) is 115 cm³/mol. The molecule has 1 aliphatic heterocycles. The molecule has 1 saturated heterocycles. The Morgan fingerprint density at radius 2 is 1.73 bits per heavy atom. The fourth-order valence-electron chi connectivity index (χ4n) is 4.80. The topological polar surface area (TPSA) is 48.7 Å². The third-order valence-electron chi connectivity index (χ3n) is 6.51. The van der Waals surface area contributed by atoms with Gasteiger partial charge in [0.2, 0.25) is 11.8 Å². The lowest BCUT2D eigenvalue weighted by Crippen LogP contribution is -2.47. The molecule has 1 fully saturated rings. The Morgan fingerprint density at radius 1 is 1.03 bits per heavy atom. The molecular formula is C24H26FN3O2. The summed E-state index contributed by atoms with van der Waals surface area (Å²) in [6.45, 7) is 3.12. The summed E-state index contributed by atoms with van der Waals surface area (Å²) in [4.78, 5) is 17.2. The quantitative estimate of drug-likeness (QED) is 0.725. The van der Waals surface area contributed by atoms with Crippen LogP contribution in [0.1, 0.15) is 23.2 Å². The van der Waals surface area contributed by atoms with Crippen molar-refractivity contribution in [3.05, 3.63) is 59.0 Å². The van der Waals surface area contributed by atoms with Crippen molar-refractivity contribution in [1.29, 1.82) is 0 Å². The van der Waals surface area contributed by atoms with E-state index in [2.05, 4.69) is 18.0 Å². The van der Waals surface area contributed by atoms with Crippen LogP contribution in [0, 0.1) is 5.82 Å². The van der Waals surface area contributed by atoms with E-state index in [1.54, 1.807) is 16.7 Å². The second kappa shape index (κ2) is 7.43. The lowest BCUT2D eigenvalue weighted by Gasteiger charge is -2.32. The molecule has 1 N–H and O–H groups in total. The van der Waals surface area contributed by atoms with Crippen molar-refractivity contribution in [1.82, 2.24) is 14.4 Å². The predicted octanol–water partition coefficient (Wildman–Crippen LogP) is 3.28. The van der Waals surface area contributed by atoms with Crippen LogP contribution in [0.3, 0.4) is 0 Å². The summed E-state index contributed by atoms with van der Waals surface area (Å²) < 4.78 is 15.6. The van der Waals surface area contributed by atoms with Gasteiger partial charge in [0, 0.05) is 42.6 Å². The standard InChI is InChI=1S/C24H26FN3O2/c1-26-8-10-27(11-9-26)23(29)15-22-20-12-16-4-2-5-17(16)13-21(20)24(30)28(22)19-7-3-6-18(25)14-19/h3,6-7,12-14,30H,2,4-5,8-11,15H2,1H3. The second-order valence-electron chi connectivity index (χ2n) is 8.47. The minimum absolute atomic E-state index is 0.0423. The first-order chi connectivity index (χ1) is 14.5. The lowest BCUT2D eigenvalue weighted by molar-refractivity contribution is -0.132. The lowest BCUT2D eigenvalue weighted by atomic mass is 10.0. The van der Waals surface area contributed by atoms with E-state index in [4.69, 9.17) is 0 Å². The fourth-order valence-corrected chi connectivity index (χ4v) is 4.80. The molecule has 6 heteroatoms. The Kier molecular flexibility index (Phi) is 4.74. The van der Waals surface area contributed by atoms with Crippen molar-refractivity contribution in [3.8, 4) is 11.6 Å². The van der Waals surface area contributed by atoms with Gasteiger partial charge in [0.1, 0.15) is 5.82 Å². The zero-order chi connectivity index (χ0) is 20.8. The maximum atomic E-state index is 14.0. The number of aromatic hydroxyl groups is 1. The van der Waals surface area contributed by atoms with E-state index in [9.17, 15) is 14.3 Å². The zero-order valence-electron chi connectivity index (χ0n) is 17.2. The molecule has 0 saturated carbocycles. The molecule has 1 amide bonds. The number of hydrogen-bond acceptors (Lipinski definition) is 3. The van der Waals surface area contributed by atoms with Crippen LogP contribution in [-0.4, -0.2) is 58.6 Å². The number of hydrogen-bond donors (Lipinski definition) is 1. The number of carbonyl (C=O) groups is 1. The highest BCUT2D eigenvalue weighted by Crippen LogP contribution is 2.38. The number of nitrogens with zero attached hydrogens (tertiary/aromatic N) is 3. The molecule has 0 atom stereocenters. The highest BCUT2D eigenvalue weighted by Gasteiger charge is 2.26. The van der Waals surface area contributed by atoms with E-state index >= 15 is 0 Å². The van der Waals surface area contributed by atoms with Crippen LogP contribution in [0.2, 0.25) is 0 Å². The monoisotopic (exact) mass is 407 g/mol. The van der Waals surface area contributed by atoms with Gasteiger partial charge in [-0.25, -0.2) is 4.39 Å². The smallest absolute Gasteiger partial charge is 0.228 e. The minimum atomic E-state index is -0.372. The SMILES string of the molecule is CN1CCN(C(=O)Cc2c3cc4c(cc3c(O)n2-c2cccc(F)c2)CCC4)CC1. The molecule has 2 aliphatic rings. The zero-order valence-corrected chi connectivity index (χ0v) is 17.2. The number of aryl methyl sites for hydroxylation is 2. The molecule has 0 unspecified atom stereocenters. The van der Waals surface area contributed by atoms with Gasteiger partial charge in [-0.3, -0.25) is 9.36 Å². The van der Waals surface area contributed by atoms with Gasteiger partial charge in [-0.05, 0) is 67.8 Å². The van der Waals surface area contributed by atoms with Crippen molar-refractivity contribution in [2.45, 2.75) is 25.7 Å². The van der Waals surface area contributed by atoms with Gasteiger partial charge in [0.05, 0.1) is 12.1 Å². The van der Waals surface area contributed by atoms with Gasteiger partial charge >= 0.3 is 0 Å². The number of piperazine rings is 1. The number of aromatic nitrogens is 1. The first-order valence-corrected chi connectivity index (χ1v) is 10.6. The van der Waals surface area contributed by atoms with E-state index in [-0.39, 0.29) is 24.0 Å². The Hall–Kier alpha value is -2.86. The normalized spacial score (nSPS) is 16.9. The van der Waals surface area contributed by atoms with E-state index in [0.29, 0.717) is 18.8 Å².